The van der Waals surface area contributed by atoms with Gasteiger partial charge in [-0.2, -0.15) is 0 Å². The van der Waals surface area contributed by atoms with E-state index in [4.69, 9.17) is 0 Å². The van der Waals surface area contributed by atoms with Gasteiger partial charge in [0.25, 0.3) is 0 Å². The Hall–Kier alpha value is -4.88. The molecule has 8 rings (SSSR count). The lowest BCUT2D eigenvalue weighted by Gasteiger charge is -2.34. The number of rotatable bonds is 6. The first-order valence-electron chi connectivity index (χ1n) is 16.1. The second kappa shape index (κ2) is 11.3. The van der Waals surface area contributed by atoms with Gasteiger partial charge < -0.3 is 5.32 Å². The molecule has 1 heteroatoms. The van der Waals surface area contributed by atoms with Gasteiger partial charge in [0.15, 0.2) is 0 Å². The van der Waals surface area contributed by atoms with Gasteiger partial charge in [0.05, 0.1) is 5.41 Å². The molecular weight excluding hydrogens is 530 g/mol. The fourth-order valence-electron chi connectivity index (χ4n) is 7.82. The highest BCUT2D eigenvalue weighted by Gasteiger charge is 2.46. The molecule has 2 aliphatic carbocycles. The first-order chi connectivity index (χ1) is 21.8. The van der Waals surface area contributed by atoms with Crippen LogP contribution in [0, 0.1) is 0 Å². The summed E-state index contributed by atoms with van der Waals surface area (Å²) in [4.78, 5) is 0. The molecule has 0 aromatic heterocycles. The number of benzene rings is 6. The van der Waals surface area contributed by atoms with Crippen LogP contribution in [0.3, 0.4) is 0 Å². The maximum atomic E-state index is 3.73. The van der Waals surface area contributed by atoms with Crippen molar-refractivity contribution in [2.24, 2.45) is 0 Å². The van der Waals surface area contributed by atoms with Gasteiger partial charge in [-0.15, -0.1) is 0 Å². The van der Waals surface area contributed by atoms with Crippen molar-refractivity contribution in [2.45, 2.75) is 43.4 Å². The average molecular weight is 568 g/mol. The summed E-state index contributed by atoms with van der Waals surface area (Å²) in [6.07, 6.45) is 6.82. The normalized spacial score (nSPS) is 15.4. The number of hydrogen-bond donors (Lipinski definition) is 1. The lowest BCUT2D eigenvalue weighted by atomic mass is 9.67. The maximum Gasteiger partial charge on any atom is 0.0714 e. The van der Waals surface area contributed by atoms with Gasteiger partial charge in [-0.05, 0) is 93.1 Å². The molecule has 2 aliphatic rings. The van der Waals surface area contributed by atoms with Crippen LogP contribution in [0.1, 0.15) is 65.8 Å². The molecule has 6 aromatic carbocycles. The zero-order chi connectivity index (χ0) is 29.3. The Balaban J connectivity index is 1.14. The quantitative estimate of drug-likeness (QED) is 0.211. The molecule has 1 saturated carbocycles. The largest absolute Gasteiger partial charge is 0.356 e. The molecule has 1 nitrogen and oxygen atoms in total. The van der Waals surface area contributed by atoms with Gasteiger partial charge in [-0.3, -0.25) is 0 Å². The van der Waals surface area contributed by atoms with E-state index in [1.165, 1.54) is 82.2 Å². The predicted octanol–water partition coefficient (Wildman–Crippen LogP) is 11.5. The Morgan fingerprint density at radius 1 is 0.455 bits per heavy atom. The predicted molar refractivity (Wildman–Crippen MR) is 185 cm³/mol. The minimum absolute atomic E-state index is 0.389. The third-order valence-electron chi connectivity index (χ3n) is 9.95. The third-order valence-corrected chi connectivity index (χ3v) is 9.95. The molecule has 0 heterocycles. The van der Waals surface area contributed by atoms with E-state index in [1.54, 1.807) is 0 Å². The molecule has 0 atom stereocenters. The van der Waals surface area contributed by atoms with E-state index in [0.717, 1.165) is 17.3 Å². The number of hydrogen-bond acceptors (Lipinski definition) is 1. The summed E-state index contributed by atoms with van der Waals surface area (Å²) in [5.41, 5.74) is 13.7. The Morgan fingerprint density at radius 2 is 1.00 bits per heavy atom. The zero-order valence-electron chi connectivity index (χ0n) is 25.0. The summed E-state index contributed by atoms with van der Waals surface area (Å²) < 4.78 is 0. The van der Waals surface area contributed by atoms with Gasteiger partial charge in [-0.1, -0.05) is 147 Å². The molecule has 0 aliphatic heterocycles. The van der Waals surface area contributed by atoms with E-state index in [2.05, 4.69) is 157 Å². The summed E-state index contributed by atoms with van der Waals surface area (Å²) in [7, 11) is 0. The summed E-state index contributed by atoms with van der Waals surface area (Å²) in [6.45, 7) is 0. The zero-order valence-corrected chi connectivity index (χ0v) is 25.0. The van der Waals surface area contributed by atoms with Crippen LogP contribution in [-0.2, 0) is 5.41 Å². The Labute approximate surface area is 261 Å². The van der Waals surface area contributed by atoms with Crippen molar-refractivity contribution in [3.05, 3.63) is 179 Å². The minimum atomic E-state index is -0.389. The highest BCUT2D eigenvalue weighted by atomic mass is 14.9. The first kappa shape index (κ1) is 26.7. The summed E-state index contributed by atoms with van der Waals surface area (Å²) in [6, 6.07) is 56.0. The summed E-state index contributed by atoms with van der Waals surface area (Å²) in [5, 5.41) is 3.73. The van der Waals surface area contributed by atoms with Crippen molar-refractivity contribution in [1.82, 2.24) is 0 Å². The Bertz CT molecular complexity index is 1840. The molecule has 0 saturated heterocycles. The Kier molecular flexibility index (Phi) is 6.88. The van der Waals surface area contributed by atoms with Crippen molar-refractivity contribution in [1.29, 1.82) is 0 Å². The van der Waals surface area contributed by atoms with Crippen LogP contribution < -0.4 is 5.32 Å². The lowest BCUT2D eigenvalue weighted by Crippen LogP contribution is -2.28. The van der Waals surface area contributed by atoms with E-state index in [1.807, 2.05) is 0 Å². The molecule has 0 radical (unpaired) electrons. The van der Waals surface area contributed by atoms with Crippen molar-refractivity contribution >= 4 is 11.4 Å². The van der Waals surface area contributed by atoms with Crippen molar-refractivity contribution < 1.29 is 0 Å². The third kappa shape index (κ3) is 4.55. The number of anilines is 2. The molecule has 6 aromatic rings. The van der Waals surface area contributed by atoms with Crippen LogP contribution in [-0.4, -0.2) is 0 Å². The van der Waals surface area contributed by atoms with E-state index < -0.39 is 0 Å². The fourth-order valence-corrected chi connectivity index (χ4v) is 7.82. The molecule has 214 valence electrons. The van der Waals surface area contributed by atoms with E-state index in [0.29, 0.717) is 0 Å². The van der Waals surface area contributed by atoms with Crippen LogP contribution in [0.4, 0.5) is 11.4 Å². The molecule has 0 spiro atoms. The monoisotopic (exact) mass is 567 g/mol. The Morgan fingerprint density at radius 3 is 1.66 bits per heavy atom. The SMILES string of the molecule is c1ccc(C2(c3ccccc3)c3ccccc3-c3ccc(Nc4ccc(-c5ccc(C6CCCCC6)cc5)cc4)cc32)cc1. The first-order valence-corrected chi connectivity index (χ1v) is 16.1. The van der Waals surface area contributed by atoms with Crippen molar-refractivity contribution in [2.75, 3.05) is 5.32 Å². The second-order valence-corrected chi connectivity index (χ2v) is 12.4. The van der Waals surface area contributed by atoms with Gasteiger partial charge in [0, 0.05) is 11.4 Å². The van der Waals surface area contributed by atoms with Crippen LogP contribution in [0.2, 0.25) is 0 Å². The van der Waals surface area contributed by atoms with Crippen LogP contribution >= 0.6 is 0 Å². The fraction of sp³-hybridized carbons (Fsp3) is 0.163. The van der Waals surface area contributed by atoms with Crippen molar-refractivity contribution in [3.63, 3.8) is 0 Å². The maximum absolute atomic E-state index is 3.73. The molecule has 0 bridgehead atoms. The van der Waals surface area contributed by atoms with Crippen molar-refractivity contribution in [3.8, 4) is 22.3 Å². The summed E-state index contributed by atoms with van der Waals surface area (Å²) in [5.74, 6) is 0.743. The lowest BCUT2D eigenvalue weighted by molar-refractivity contribution is 0.443. The molecule has 44 heavy (non-hydrogen) atoms. The molecule has 1 N–H and O–H groups in total. The molecule has 0 unspecified atom stereocenters. The van der Waals surface area contributed by atoms with Crippen LogP contribution in [0.15, 0.2) is 152 Å². The topological polar surface area (TPSA) is 12.0 Å². The smallest absolute Gasteiger partial charge is 0.0714 e. The van der Waals surface area contributed by atoms with Gasteiger partial charge in [0.1, 0.15) is 0 Å². The van der Waals surface area contributed by atoms with Gasteiger partial charge in [-0.25, -0.2) is 0 Å². The van der Waals surface area contributed by atoms with E-state index in [9.17, 15) is 0 Å². The summed E-state index contributed by atoms with van der Waals surface area (Å²) >= 11 is 0. The van der Waals surface area contributed by atoms with Gasteiger partial charge in [0.2, 0.25) is 0 Å². The highest BCUT2D eigenvalue weighted by molar-refractivity contribution is 5.88. The second-order valence-electron chi connectivity index (χ2n) is 12.4. The number of nitrogens with one attached hydrogen (secondary N) is 1. The van der Waals surface area contributed by atoms with Crippen LogP contribution in [0.5, 0.6) is 0 Å². The number of fused-ring (bicyclic) bond motifs is 3. The standard InChI is InChI=1S/C43H37N/c1-4-12-31(13-5-1)32-20-22-33(23-21-32)34-24-26-37(27-25-34)44-38-28-29-40-39-18-10-11-19-41(39)43(42(40)30-38,35-14-6-2-7-15-35)36-16-8-3-9-17-36/h2-3,6-11,14-31,44H,1,4-5,12-13H2. The van der Waals surface area contributed by atoms with E-state index in [-0.39, 0.29) is 5.41 Å². The molecule has 1 fully saturated rings. The van der Waals surface area contributed by atoms with Gasteiger partial charge >= 0.3 is 0 Å². The molecule has 0 amide bonds. The molecular formula is C43H37N. The highest BCUT2D eigenvalue weighted by Crippen LogP contribution is 2.56. The van der Waals surface area contributed by atoms with E-state index >= 15 is 0 Å². The minimum Gasteiger partial charge on any atom is -0.356 e. The van der Waals surface area contributed by atoms with Crippen LogP contribution in [0.25, 0.3) is 22.3 Å². The average Bonchev–Trinajstić information content (AvgIpc) is 3.40.